The van der Waals surface area contributed by atoms with Gasteiger partial charge in [-0.25, -0.2) is 0 Å². The van der Waals surface area contributed by atoms with Gasteiger partial charge in [-0.1, -0.05) is 61.5 Å². The van der Waals surface area contributed by atoms with Crippen molar-refractivity contribution in [2.45, 2.75) is 26.2 Å². The summed E-state index contributed by atoms with van der Waals surface area (Å²) in [6.07, 6.45) is 11.8. The van der Waals surface area contributed by atoms with Crippen LogP contribution in [0, 0.1) is 0 Å². The monoisotopic (exact) mass is 301 g/mol. The van der Waals surface area contributed by atoms with Crippen molar-refractivity contribution >= 4 is 27.5 Å². The highest BCUT2D eigenvalue weighted by Gasteiger charge is 2.11. The van der Waals surface area contributed by atoms with E-state index in [1.54, 1.807) is 0 Å². The van der Waals surface area contributed by atoms with Gasteiger partial charge in [-0.2, -0.15) is 0 Å². The van der Waals surface area contributed by atoms with Crippen LogP contribution < -0.4 is 0 Å². The fourth-order valence-electron chi connectivity index (χ4n) is 3.06. The highest BCUT2D eigenvalue weighted by Crippen LogP contribution is 2.31. The molecule has 0 aliphatic rings. The Morgan fingerprint density at radius 3 is 2.13 bits per heavy atom. The zero-order valence-corrected chi connectivity index (χ0v) is 13.7. The largest absolute Gasteiger partial charge is 0.310 e. The summed E-state index contributed by atoms with van der Waals surface area (Å²) in [5.41, 5.74) is 3.78. The van der Waals surface area contributed by atoms with Crippen LogP contribution in [0.1, 0.15) is 26.2 Å². The van der Waals surface area contributed by atoms with Gasteiger partial charge in [0.2, 0.25) is 0 Å². The number of aromatic nitrogens is 1. The molecule has 0 atom stereocenters. The van der Waals surface area contributed by atoms with Crippen molar-refractivity contribution in [2.75, 3.05) is 0 Å². The molecule has 0 N–H and O–H groups in total. The molecule has 0 aliphatic carbocycles. The summed E-state index contributed by atoms with van der Waals surface area (Å²) in [7, 11) is 0. The third kappa shape index (κ3) is 3.00. The molecule has 0 saturated heterocycles. The number of allylic oxidation sites excluding steroid dienone is 5. The number of benzene rings is 2. The average Bonchev–Trinajstić information content (AvgIpc) is 2.92. The third-order valence-electron chi connectivity index (χ3n) is 4.08. The Morgan fingerprint density at radius 1 is 0.957 bits per heavy atom. The van der Waals surface area contributed by atoms with Crippen LogP contribution in [0.4, 0.5) is 0 Å². The number of hydrogen-bond acceptors (Lipinski definition) is 0. The Bertz CT molecular complexity index is 824. The third-order valence-corrected chi connectivity index (χ3v) is 4.08. The minimum absolute atomic E-state index is 1.02. The minimum Gasteiger partial charge on any atom is -0.310 e. The molecular weight excluding hydrogens is 278 g/mol. The maximum absolute atomic E-state index is 3.79. The Hall–Kier alpha value is -2.54. The van der Waals surface area contributed by atoms with Gasteiger partial charge in [0.15, 0.2) is 0 Å². The van der Waals surface area contributed by atoms with Crippen molar-refractivity contribution in [3.8, 4) is 0 Å². The van der Waals surface area contributed by atoms with E-state index >= 15 is 0 Å². The van der Waals surface area contributed by atoms with Gasteiger partial charge in [0.05, 0.1) is 11.0 Å². The molecule has 23 heavy (non-hydrogen) atoms. The van der Waals surface area contributed by atoms with E-state index < -0.39 is 0 Å². The molecule has 3 rings (SSSR count). The van der Waals surface area contributed by atoms with Crippen molar-refractivity contribution in [3.05, 3.63) is 79.4 Å². The van der Waals surface area contributed by atoms with Gasteiger partial charge in [-0.3, -0.25) is 0 Å². The van der Waals surface area contributed by atoms with Crippen LogP contribution in [-0.4, -0.2) is 4.57 Å². The van der Waals surface area contributed by atoms with E-state index in [0.29, 0.717) is 0 Å². The smallest absolute Gasteiger partial charge is 0.0540 e. The molecule has 0 spiro atoms. The van der Waals surface area contributed by atoms with Crippen LogP contribution in [0.25, 0.3) is 27.5 Å². The van der Waals surface area contributed by atoms with Crippen molar-refractivity contribution < 1.29 is 0 Å². The molecule has 0 saturated carbocycles. The summed E-state index contributed by atoms with van der Waals surface area (Å²) in [4.78, 5) is 0. The summed E-state index contributed by atoms with van der Waals surface area (Å²) >= 11 is 0. The highest BCUT2D eigenvalue weighted by molar-refractivity contribution is 6.10. The molecule has 1 heterocycles. The van der Waals surface area contributed by atoms with Gasteiger partial charge >= 0.3 is 0 Å². The summed E-state index contributed by atoms with van der Waals surface area (Å²) in [5, 5.41) is 2.62. The predicted octanol–water partition coefficient (Wildman–Crippen LogP) is 6.57. The second-order valence-corrected chi connectivity index (χ2v) is 5.68. The van der Waals surface area contributed by atoms with Crippen molar-refractivity contribution in [3.63, 3.8) is 0 Å². The first-order valence-corrected chi connectivity index (χ1v) is 8.33. The summed E-state index contributed by atoms with van der Waals surface area (Å²) < 4.78 is 2.37. The van der Waals surface area contributed by atoms with Gasteiger partial charge in [0, 0.05) is 16.5 Å². The molecule has 1 heteroatoms. The molecule has 0 radical (unpaired) electrons. The van der Waals surface area contributed by atoms with Gasteiger partial charge in [0.1, 0.15) is 0 Å². The molecule has 0 bridgehead atoms. The Kier molecular flexibility index (Phi) is 4.77. The van der Waals surface area contributed by atoms with Crippen molar-refractivity contribution in [1.82, 2.24) is 4.57 Å². The molecule has 0 fully saturated rings. The standard InChI is InChI=1S/C22H23N/c1-3-5-6-7-13-18(12-4-2)23-21-16-10-8-14-19(21)20-15-9-11-17-22(20)23/h3,7-17H,1,4-6H2,2H3/b13-7-,18-12+. The zero-order chi connectivity index (χ0) is 16.1. The lowest BCUT2D eigenvalue weighted by molar-refractivity contribution is 1.05. The van der Waals surface area contributed by atoms with E-state index in [4.69, 9.17) is 0 Å². The number of rotatable bonds is 6. The fourth-order valence-corrected chi connectivity index (χ4v) is 3.06. The first-order chi connectivity index (χ1) is 11.4. The SMILES string of the molecule is C=CCC/C=C\C(=C/CC)n1c2ccccc2c2ccccc21. The number of hydrogen-bond donors (Lipinski definition) is 0. The molecule has 0 unspecified atom stereocenters. The molecule has 1 aromatic heterocycles. The first kappa shape index (κ1) is 15.4. The Labute approximate surface area is 138 Å². The fraction of sp³-hybridized carbons (Fsp3) is 0.182. The van der Waals surface area contributed by atoms with Crippen LogP contribution >= 0.6 is 0 Å². The normalized spacial score (nSPS) is 12.5. The molecular formula is C22H23N. The van der Waals surface area contributed by atoms with Crippen LogP contribution in [0.3, 0.4) is 0 Å². The lowest BCUT2D eigenvalue weighted by atomic mass is 10.2. The van der Waals surface area contributed by atoms with Crippen LogP contribution in [0.15, 0.2) is 79.4 Å². The van der Waals surface area contributed by atoms with Crippen LogP contribution in [0.5, 0.6) is 0 Å². The van der Waals surface area contributed by atoms with Crippen LogP contribution in [-0.2, 0) is 0 Å². The highest BCUT2D eigenvalue weighted by atomic mass is 15.0. The van der Waals surface area contributed by atoms with Gasteiger partial charge in [-0.15, -0.1) is 6.58 Å². The molecule has 3 aromatic rings. The quantitative estimate of drug-likeness (QED) is 0.276. The van der Waals surface area contributed by atoms with E-state index in [1.165, 1.54) is 27.5 Å². The van der Waals surface area contributed by atoms with Gasteiger partial charge in [0.25, 0.3) is 0 Å². The van der Waals surface area contributed by atoms with E-state index in [1.807, 2.05) is 6.08 Å². The molecule has 116 valence electrons. The van der Waals surface area contributed by atoms with Crippen molar-refractivity contribution in [1.29, 1.82) is 0 Å². The first-order valence-electron chi connectivity index (χ1n) is 8.33. The number of nitrogens with zero attached hydrogens (tertiary/aromatic N) is 1. The Balaban J connectivity index is 2.20. The van der Waals surface area contributed by atoms with E-state index in [2.05, 4.69) is 84.8 Å². The summed E-state index contributed by atoms with van der Waals surface area (Å²) in [6, 6.07) is 17.3. The predicted molar refractivity (Wildman–Crippen MR) is 103 cm³/mol. The van der Waals surface area contributed by atoms with Crippen LogP contribution in [0.2, 0.25) is 0 Å². The lowest BCUT2D eigenvalue weighted by Crippen LogP contribution is -1.94. The molecule has 0 aliphatic heterocycles. The second-order valence-electron chi connectivity index (χ2n) is 5.68. The topological polar surface area (TPSA) is 4.93 Å². The Morgan fingerprint density at radius 2 is 1.57 bits per heavy atom. The lowest BCUT2D eigenvalue weighted by Gasteiger charge is -2.09. The summed E-state index contributed by atoms with van der Waals surface area (Å²) in [6.45, 7) is 5.98. The average molecular weight is 301 g/mol. The molecule has 1 nitrogen and oxygen atoms in total. The van der Waals surface area contributed by atoms with E-state index in [0.717, 1.165) is 19.3 Å². The number of unbranched alkanes of at least 4 members (excludes halogenated alkanes) is 1. The zero-order valence-electron chi connectivity index (χ0n) is 13.7. The minimum atomic E-state index is 1.02. The van der Waals surface area contributed by atoms with E-state index in [9.17, 15) is 0 Å². The summed E-state index contributed by atoms with van der Waals surface area (Å²) in [5.74, 6) is 0. The maximum atomic E-state index is 3.79. The number of fused-ring (bicyclic) bond motifs is 3. The number of para-hydroxylation sites is 2. The maximum Gasteiger partial charge on any atom is 0.0540 e. The van der Waals surface area contributed by atoms with E-state index in [-0.39, 0.29) is 0 Å². The second kappa shape index (κ2) is 7.15. The van der Waals surface area contributed by atoms with Gasteiger partial charge in [-0.05, 0) is 37.5 Å². The molecule has 0 amide bonds. The van der Waals surface area contributed by atoms with Crippen molar-refractivity contribution in [2.24, 2.45) is 0 Å². The van der Waals surface area contributed by atoms with Gasteiger partial charge < -0.3 is 4.57 Å². The molecule has 2 aromatic carbocycles.